The fraction of sp³-hybridized carbons (Fsp3) is 0.667. The van der Waals surface area contributed by atoms with Crippen LogP contribution in [0.15, 0.2) is 22.8 Å². The summed E-state index contributed by atoms with van der Waals surface area (Å²) in [6.45, 7) is 9.51. The molecular formula is C15H25BrN2O. The Bertz CT molecular complexity index is 359. The van der Waals surface area contributed by atoms with Gasteiger partial charge >= 0.3 is 0 Å². The molecule has 0 radical (unpaired) electrons. The van der Waals surface area contributed by atoms with E-state index in [0.29, 0.717) is 5.92 Å². The van der Waals surface area contributed by atoms with E-state index in [4.69, 9.17) is 4.74 Å². The van der Waals surface area contributed by atoms with Crippen molar-refractivity contribution in [3.8, 4) is 0 Å². The monoisotopic (exact) mass is 328 g/mol. The summed E-state index contributed by atoms with van der Waals surface area (Å²) >= 11 is 3.42. The largest absolute Gasteiger partial charge is 0.383 e. The number of nitrogens with one attached hydrogen (secondary N) is 1. The van der Waals surface area contributed by atoms with Gasteiger partial charge < -0.3 is 10.1 Å². The van der Waals surface area contributed by atoms with Crippen molar-refractivity contribution < 1.29 is 4.74 Å². The molecule has 0 aliphatic heterocycles. The second kappa shape index (κ2) is 7.98. The Hall–Kier alpha value is -0.450. The molecule has 1 heterocycles. The molecule has 0 aromatic carbocycles. The van der Waals surface area contributed by atoms with Crippen LogP contribution in [0.4, 0.5) is 0 Å². The highest BCUT2D eigenvalue weighted by Gasteiger charge is 2.24. The summed E-state index contributed by atoms with van der Waals surface area (Å²) in [5, 5.41) is 3.46. The zero-order valence-electron chi connectivity index (χ0n) is 12.4. The molecule has 0 aliphatic carbocycles. The molecule has 0 aliphatic rings. The molecule has 0 bridgehead atoms. The highest BCUT2D eigenvalue weighted by atomic mass is 79.9. The molecule has 3 nitrogen and oxygen atoms in total. The van der Waals surface area contributed by atoms with Crippen molar-refractivity contribution in [3.63, 3.8) is 0 Å². The molecule has 0 amide bonds. The Morgan fingerprint density at radius 3 is 2.63 bits per heavy atom. The average molecular weight is 329 g/mol. The first-order valence-corrected chi connectivity index (χ1v) is 7.53. The number of ether oxygens (including phenoxy) is 1. The number of nitrogens with zero attached hydrogens (tertiary/aromatic N) is 1. The maximum absolute atomic E-state index is 5.06. The minimum Gasteiger partial charge on any atom is -0.383 e. The summed E-state index contributed by atoms with van der Waals surface area (Å²) in [4.78, 5) is 4.48. The third-order valence-electron chi connectivity index (χ3n) is 3.34. The van der Waals surface area contributed by atoms with Crippen molar-refractivity contribution in [2.45, 2.75) is 27.2 Å². The van der Waals surface area contributed by atoms with E-state index in [1.165, 1.54) is 0 Å². The van der Waals surface area contributed by atoms with Crippen LogP contribution >= 0.6 is 15.9 Å². The Kier molecular flexibility index (Phi) is 6.97. The van der Waals surface area contributed by atoms with E-state index in [0.717, 1.165) is 36.3 Å². The number of hydrogen-bond donors (Lipinski definition) is 1. The second-order valence-corrected chi connectivity index (χ2v) is 6.85. The predicted molar refractivity (Wildman–Crippen MR) is 83.3 cm³/mol. The molecule has 19 heavy (non-hydrogen) atoms. The summed E-state index contributed by atoms with van der Waals surface area (Å²) in [7, 11) is 1.73. The van der Waals surface area contributed by atoms with Gasteiger partial charge in [0.05, 0.1) is 6.61 Å². The highest BCUT2D eigenvalue weighted by molar-refractivity contribution is 9.10. The molecule has 1 aromatic rings. The van der Waals surface area contributed by atoms with Gasteiger partial charge in [-0.15, -0.1) is 0 Å². The van der Waals surface area contributed by atoms with E-state index in [1.54, 1.807) is 7.11 Å². The van der Waals surface area contributed by atoms with Gasteiger partial charge in [0.2, 0.25) is 0 Å². The van der Waals surface area contributed by atoms with Crippen LogP contribution in [0.3, 0.4) is 0 Å². The summed E-state index contributed by atoms with van der Waals surface area (Å²) < 4.78 is 6.09. The van der Waals surface area contributed by atoms with E-state index < -0.39 is 0 Å². The lowest BCUT2D eigenvalue weighted by molar-refractivity contribution is 0.186. The summed E-state index contributed by atoms with van der Waals surface area (Å²) in [6.07, 6.45) is 2.87. The van der Waals surface area contributed by atoms with Gasteiger partial charge in [0.15, 0.2) is 0 Å². The lowest BCUT2D eigenvalue weighted by Crippen LogP contribution is -2.35. The van der Waals surface area contributed by atoms with Gasteiger partial charge in [0.25, 0.3) is 0 Å². The van der Waals surface area contributed by atoms with Crippen LogP contribution in [0.25, 0.3) is 0 Å². The molecule has 0 fully saturated rings. The van der Waals surface area contributed by atoms with Crippen LogP contribution in [0.5, 0.6) is 0 Å². The lowest BCUT2D eigenvalue weighted by atomic mass is 9.78. The van der Waals surface area contributed by atoms with Gasteiger partial charge in [0, 0.05) is 30.0 Å². The van der Waals surface area contributed by atoms with Crippen LogP contribution in [0.2, 0.25) is 0 Å². The summed E-state index contributed by atoms with van der Waals surface area (Å²) in [5.41, 5.74) is 1.41. The van der Waals surface area contributed by atoms with Gasteiger partial charge in [-0.25, -0.2) is 0 Å². The minimum absolute atomic E-state index is 0.259. The maximum Gasteiger partial charge on any atom is 0.0587 e. The molecule has 0 saturated carbocycles. The molecule has 0 spiro atoms. The number of rotatable bonds is 7. The molecule has 108 valence electrons. The third kappa shape index (κ3) is 6.50. The Balaban J connectivity index is 2.57. The van der Waals surface area contributed by atoms with Gasteiger partial charge in [-0.1, -0.05) is 20.8 Å². The first kappa shape index (κ1) is 16.6. The fourth-order valence-corrected chi connectivity index (χ4v) is 2.15. The van der Waals surface area contributed by atoms with Crippen molar-refractivity contribution >= 4 is 15.9 Å². The Morgan fingerprint density at radius 2 is 2.11 bits per heavy atom. The standard InChI is InChI=1S/C15H25BrN2O/c1-15(2,3)12(10-17-7-8-19-4)9-14-6-5-13(16)11-18-14/h5-6,11-12,17H,7-10H2,1-4H3. The molecule has 1 rings (SSSR count). The Labute approximate surface area is 125 Å². The first-order valence-electron chi connectivity index (χ1n) is 6.73. The van der Waals surface area contributed by atoms with Gasteiger partial charge in [0.1, 0.15) is 0 Å². The molecule has 1 aromatic heterocycles. The molecule has 1 atom stereocenters. The van der Waals surface area contributed by atoms with E-state index >= 15 is 0 Å². The molecular weight excluding hydrogens is 304 g/mol. The van der Waals surface area contributed by atoms with Gasteiger partial charge in [-0.2, -0.15) is 0 Å². The minimum atomic E-state index is 0.259. The van der Waals surface area contributed by atoms with E-state index in [1.807, 2.05) is 6.20 Å². The van der Waals surface area contributed by atoms with Crippen molar-refractivity contribution in [1.82, 2.24) is 10.3 Å². The smallest absolute Gasteiger partial charge is 0.0587 e. The van der Waals surface area contributed by atoms with Crippen molar-refractivity contribution in [1.29, 1.82) is 0 Å². The van der Waals surface area contributed by atoms with E-state index in [2.05, 4.69) is 59.1 Å². The van der Waals surface area contributed by atoms with Gasteiger partial charge in [-0.05, 0) is 52.4 Å². The average Bonchev–Trinajstić information content (AvgIpc) is 2.34. The normalized spacial score (nSPS) is 13.5. The SMILES string of the molecule is COCCNCC(Cc1ccc(Br)cn1)C(C)(C)C. The van der Waals surface area contributed by atoms with Crippen molar-refractivity contribution in [2.24, 2.45) is 11.3 Å². The molecule has 0 saturated heterocycles. The fourth-order valence-electron chi connectivity index (χ4n) is 1.91. The third-order valence-corrected chi connectivity index (χ3v) is 3.81. The van der Waals surface area contributed by atoms with Crippen LogP contribution < -0.4 is 5.32 Å². The molecule has 4 heteroatoms. The maximum atomic E-state index is 5.06. The quantitative estimate of drug-likeness (QED) is 0.780. The van der Waals surface area contributed by atoms with Gasteiger partial charge in [-0.3, -0.25) is 4.98 Å². The first-order chi connectivity index (χ1) is 8.93. The lowest BCUT2D eigenvalue weighted by Gasteiger charge is -2.31. The van der Waals surface area contributed by atoms with Crippen molar-refractivity contribution in [3.05, 3.63) is 28.5 Å². The van der Waals surface area contributed by atoms with E-state index in [-0.39, 0.29) is 5.41 Å². The predicted octanol–water partition coefficient (Wildman–Crippen LogP) is 3.28. The number of pyridine rings is 1. The molecule has 1 unspecified atom stereocenters. The zero-order valence-corrected chi connectivity index (χ0v) is 14.0. The second-order valence-electron chi connectivity index (χ2n) is 5.93. The zero-order chi connectivity index (χ0) is 14.3. The van der Waals surface area contributed by atoms with Crippen molar-refractivity contribution in [2.75, 3.05) is 26.8 Å². The molecule has 1 N–H and O–H groups in total. The number of methoxy groups -OCH3 is 1. The Morgan fingerprint density at radius 1 is 1.37 bits per heavy atom. The van der Waals surface area contributed by atoms with E-state index in [9.17, 15) is 0 Å². The van der Waals surface area contributed by atoms with Crippen LogP contribution in [0, 0.1) is 11.3 Å². The number of aromatic nitrogens is 1. The summed E-state index contributed by atoms with van der Waals surface area (Å²) in [6, 6.07) is 4.15. The van der Waals surface area contributed by atoms with Crippen LogP contribution in [0.1, 0.15) is 26.5 Å². The highest BCUT2D eigenvalue weighted by Crippen LogP contribution is 2.28. The number of halogens is 1. The summed E-state index contributed by atoms with van der Waals surface area (Å²) in [5.74, 6) is 0.554. The number of hydrogen-bond acceptors (Lipinski definition) is 3. The van der Waals surface area contributed by atoms with Crippen LogP contribution in [-0.4, -0.2) is 31.8 Å². The van der Waals surface area contributed by atoms with Crippen LogP contribution in [-0.2, 0) is 11.2 Å². The topological polar surface area (TPSA) is 34.1 Å².